The van der Waals surface area contributed by atoms with Crippen LogP contribution < -0.4 is 11.1 Å². The van der Waals surface area contributed by atoms with Crippen molar-refractivity contribution in [3.63, 3.8) is 0 Å². The summed E-state index contributed by atoms with van der Waals surface area (Å²) in [5.41, 5.74) is 8.88. The average Bonchev–Trinajstić information content (AvgIpc) is 2.98. The molecule has 0 unspecified atom stereocenters. The van der Waals surface area contributed by atoms with E-state index in [9.17, 15) is 0 Å². The molecule has 0 fully saturated rings. The molecule has 0 aliphatic carbocycles. The molecule has 0 saturated carbocycles. The number of imidazole rings is 1. The molecule has 0 aromatic carbocycles. The molecule has 0 atom stereocenters. The standard InChI is InChI=1S/C17H20N6/c18-17(20-10-7-14-5-1-3-9-19-14)21-11-8-15-13-23-12-4-2-6-16(23)22-15/h1-6,9,12-13H,7-8,10-11H2,(H3,18,20,21). The molecule has 3 rings (SSSR count). The first-order chi connectivity index (χ1) is 11.3. The van der Waals surface area contributed by atoms with Gasteiger partial charge in [-0.1, -0.05) is 12.1 Å². The number of aliphatic imine (C=N–C) groups is 1. The Morgan fingerprint density at radius 2 is 2.04 bits per heavy atom. The van der Waals surface area contributed by atoms with Crippen LogP contribution in [-0.4, -0.2) is 33.4 Å². The van der Waals surface area contributed by atoms with Crippen LogP contribution in [0.5, 0.6) is 0 Å². The summed E-state index contributed by atoms with van der Waals surface area (Å²) in [4.78, 5) is 13.1. The third-order valence-electron chi connectivity index (χ3n) is 3.48. The Hall–Kier alpha value is -2.89. The van der Waals surface area contributed by atoms with Gasteiger partial charge in [0.15, 0.2) is 5.96 Å². The highest BCUT2D eigenvalue weighted by molar-refractivity contribution is 5.77. The van der Waals surface area contributed by atoms with Gasteiger partial charge in [0.2, 0.25) is 0 Å². The minimum absolute atomic E-state index is 0.463. The van der Waals surface area contributed by atoms with Gasteiger partial charge >= 0.3 is 0 Å². The molecule has 0 saturated heterocycles. The Bertz CT molecular complexity index is 745. The van der Waals surface area contributed by atoms with Crippen LogP contribution in [0, 0.1) is 0 Å². The highest BCUT2D eigenvalue weighted by Crippen LogP contribution is 2.04. The number of nitrogens with zero attached hydrogens (tertiary/aromatic N) is 4. The highest BCUT2D eigenvalue weighted by Gasteiger charge is 2.01. The fraction of sp³-hybridized carbons (Fsp3) is 0.235. The molecule has 0 aliphatic rings. The molecule has 0 bridgehead atoms. The quantitative estimate of drug-likeness (QED) is 0.533. The van der Waals surface area contributed by atoms with Gasteiger partial charge in [0, 0.05) is 50.2 Å². The molecule has 3 N–H and O–H groups in total. The molecule has 6 heteroatoms. The topological polar surface area (TPSA) is 80.6 Å². The first-order valence-electron chi connectivity index (χ1n) is 7.67. The maximum atomic E-state index is 5.87. The van der Waals surface area contributed by atoms with Crippen molar-refractivity contribution in [1.29, 1.82) is 0 Å². The number of hydrogen-bond donors (Lipinski definition) is 2. The third-order valence-corrected chi connectivity index (χ3v) is 3.48. The van der Waals surface area contributed by atoms with Gasteiger partial charge < -0.3 is 15.5 Å². The van der Waals surface area contributed by atoms with Gasteiger partial charge in [0.25, 0.3) is 0 Å². The van der Waals surface area contributed by atoms with Crippen LogP contribution in [0.2, 0.25) is 0 Å². The third kappa shape index (κ3) is 4.29. The normalized spacial score (nSPS) is 11.7. The molecule has 3 aromatic rings. The van der Waals surface area contributed by atoms with Crippen molar-refractivity contribution in [1.82, 2.24) is 19.7 Å². The SMILES string of the molecule is NC(=NCCc1ccccn1)NCCc1cn2ccccc2n1. The van der Waals surface area contributed by atoms with Crippen LogP contribution in [-0.2, 0) is 12.8 Å². The minimum atomic E-state index is 0.463. The van der Waals surface area contributed by atoms with Gasteiger partial charge in [-0.3, -0.25) is 9.98 Å². The van der Waals surface area contributed by atoms with Crippen molar-refractivity contribution < 1.29 is 0 Å². The van der Waals surface area contributed by atoms with E-state index in [1.807, 2.05) is 53.2 Å². The zero-order valence-electron chi connectivity index (χ0n) is 12.9. The van der Waals surface area contributed by atoms with E-state index < -0.39 is 0 Å². The van der Waals surface area contributed by atoms with Crippen molar-refractivity contribution in [2.24, 2.45) is 10.7 Å². The Balaban J connectivity index is 1.43. The lowest BCUT2D eigenvalue weighted by molar-refractivity contribution is 0.827. The van der Waals surface area contributed by atoms with E-state index in [1.165, 1.54) is 0 Å². The van der Waals surface area contributed by atoms with Crippen molar-refractivity contribution in [3.8, 4) is 0 Å². The number of nitrogens with two attached hydrogens (primary N) is 1. The van der Waals surface area contributed by atoms with Gasteiger partial charge in [-0.15, -0.1) is 0 Å². The van der Waals surface area contributed by atoms with E-state index in [4.69, 9.17) is 5.73 Å². The maximum Gasteiger partial charge on any atom is 0.188 e. The molecule has 118 valence electrons. The molecular formula is C17H20N6. The van der Waals surface area contributed by atoms with E-state index in [-0.39, 0.29) is 0 Å². The van der Waals surface area contributed by atoms with E-state index in [0.29, 0.717) is 19.0 Å². The second-order valence-electron chi connectivity index (χ2n) is 5.21. The minimum Gasteiger partial charge on any atom is -0.370 e. The van der Waals surface area contributed by atoms with Crippen molar-refractivity contribution in [2.45, 2.75) is 12.8 Å². The van der Waals surface area contributed by atoms with Gasteiger partial charge in [-0.05, 0) is 24.3 Å². The van der Waals surface area contributed by atoms with Gasteiger partial charge in [0.05, 0.1) is 5.69 Å². The Kier molecular flexibility index (Phi) is 4.83. The lowest BCUT2D eigenvalue weighted by Gasteiger charge is -2.04. The molecule has 0 amide bonds. The number of rotatable bonds is 6. The number of fused-ring (bicyclic) bond motifs is 1. The molecule has 0 aliphatic heterocycles. The number of guanidine groups is 1. The predicted molar refractivity (Wildman–Crippen MR) is 91.3 cm³/mol. The smallest absolute Gasteiger partial charge is 0.188 e. The molecular weight excluding hydrogens is 288 g/mol. The summed E-state index contributed by atoms with van der Waals surface area (Å²) in [6.45, 7) is 1.34. The Morgan fingerprint density at radius 1 is 1.13 bits per heavy atom. The van der Waals surface area contributed by atoms with Gasteiger partial charge in [-0.25, -0.2) is 4.98 Å². The van der Waals surface area contributed by atoms with Crippen LogP contribution in [0.3, 0.4) is 0 Å². The van der Waals surface area contributed by atoms with E-state index in [2.05, 4.69) is 20.3 Å². The molecule has 3 aromatic heterocycles. The molecule has 0 radical (unpaired) electrons. The second-order valence-corrected chi connectivity index (χ2v) is 5.21. The zero-order chi connectivity index (χ0) is 15.9. The van der Waals surface area contributed by atoms with Crippen molar-refractivity contribution >= 4 is 11.6 Å². The number of nitrogens with one attached hydrogen (secondary N) is 1. The first kappa shape index (κ1) is 15.0. The number of hydrogen-bond acceptors (Lipinski definition) is 3. The van der Waals surface area contributed by atoms with Crippen LogP contribution in [0.15, 0.2) is 60.0 Å². The lowest BCUT2D eigenvalue weighted by atomic mass is 10.3. The maximum absolute atomic E-state index is 5.87. The molecule has 3 heterocycles. The second kappa shape index (κ2) is 7.40. The summed E-state index contributed by atoms with van der Waals surface area (Å²) < 4.78 is 2.01. The Labute approximate surface area is 135 Å². The van der Waals surface area contributed by atoms with Crippen LogP contribution in [0.4, 0.5) is 0 Å². The summed E-state index contributed by atoms with van der Waals surface area (Å²) in [6, 6.07) is 11.8. The first-order valence-corrected chi connectivity index (χ1v) is 7.67. The summed E-state index contributed by atoms with van der Waals surface area (Å²) in [5.74, 6) is 0.463. The van der Waals surface area contributed by atoms with Crippen LogP contribution in [0.1, 0.15) is 11.4 Å². The average molecular weight is 308 g/mol. The highest BCUT2D eigenvalue weighted by atomic mass is 15.1. The van der Waals surface area contributed by atoms with E-state index in [1.54, 1.807) is 6.20 Å². The predicted octanol–water partition coefficient (Wildman–Crippen LogP) is 1.42. The summed E-state index contributed by atoms with van der Waals surface area (Å²) in [6.07, 6.45) is 7.40. The fourth-order valence-electron chi connectivity index (χ4n) is 2.32. The van der Waals surface area contributed by atoms with Crippen LogP contribution >= 0.6 is 0 Å². The molecule has 0 spiro atoms. The molecule has 23 heavy (non-hydrogen) atoms. The fourth-order valence-corrected chi connectivity index (χ4v) is 2.32. The van der Waals surface area contributed by atoms with Crippen LogP contribution in [0.25, 0.3) is 5.65 Å². The Morgan fingerprint density at radius 3 is 2.87 bits per heavy atom. The van der Waals surface area contributed by atoms with E-state index >= 15 is 0 Å². The van der Waals surface area contributed by atoms with Gasteiger partial charge in [0.1, 0.15) is 5.65 Å². The largest absolute Gasteiger partial charge is 0.370 e. The van der Waals surface area contributed by atoms with Crippen molar-refractivity contribution in [3.05, 3.63) is 66.4 Å². The summed E-state index contributed by atoms with van der Waals surface area (Å²) in [5, 5.41) is 3.12. The van der Waals surface area contributed by atoms with Gasteiger partial charge in [-0.2, -0.15) is 0 Å². The number of aromatic nitrogens is 3. The number of pyridine rings is 2. The monoisotopic (exact) mass is 308 g/mol. The summed E-state index contributed by atoms with van der Waals surface area (Å²) in [7, 11) is 0. The lowest BCUT2D eigenvalue weighted by Crippen LogP contribution is -2.33. The zero-order valence-corrected chi connectivity index (χ0v) is 12.9. The molecule has 6 nitrogen and oxygen atoms in total. The van der Waals surface area contributed by atoms with E-state index in [0.717, 1.165) is 29.9 Å². The summed E-state index contributed by atoms with van der Waals surface area (Å²) >= 11 is 0. The van der Waals surface area contributed by atoms with Crippen molar-refractivity contribution in [2.75, 3.05) is 13.1 Å².